The number of hydrogen-bond acceptors (Lipinski definition) is 4. The van der Waals surface area contributed by atoms with Gasteiger partial charge in [0, 0.05) is 4.47 Å². The topological polar surface area (TPSA) is 79.3 Å². The monoisotopic (exact) mass is 354 g/mol. The molecule has 20 heavy (non-hydrogen) atoms. The van der Waals surface area contributed by atoms with Crippen LogP contribution in [0.5, 0.6) is 0 Å². The molecule has 0 bridgehead atoms. The average molecular weight is 355 g/mol. The summed E-state index contributed by atoms with van der Waals surface area (Å²) in [5.74, 6) is -1.47. The molecule has 1 amide bonds. The molecule has 0 atom stereocenters. The van der Waals surface area contributed by atoms with E-state index in [0.29, 0.717) is 15.7 Å². The fourth-order valence-corrected chi connectivity index (χ4v) is 3.14. The summed E-state index contributed by atoms with van der Waals surface area (Å²) in [6.45, 7) is 3.51. The van der Waals surface area contributed by atoms with Crippen molar-refractivity contribution in [3.8, 4) is 0 Å². The third-order valence-corrected chi connectivity index (χ3v) is 4.18. The first-order chi connectivity index (χ1) is 9.40. The van der Waals surface area contributed by atoms with Crippen molar-refractivity contribution in [3.05, 3.63) is 45.1 Å². The van der Waals surface area contributed by atoms with E-state index in [9.17, 15) is 9.59 Å². The van der Waals surface area contributed by atoms with Crippen LogP contribution in [0.3, 0.4) is 0 Å². The number of rotatable bonds is 3. The molecule has 2 rings (SSSR count). The van der Waals surface area contributed by atoms with Crippen molar-refractivity contribution in [2.45, 2.75) is 13.8 Å². The number of benzene rings is 1. The molecule has 2 N–H and O–H groups in total. The van der Waals surface area contributed by atoms with E-state index in [0.717, 1.165) is 17.1 Å². The third-order valence-electron chi connectivity index (χ3n) is 2.67. The number of aromatic carboxylic acids is 1. The van der Waals surface area contributed by atoms with Crippen LogP contribution in [0.15, 0.2) is 22.7 Å². The Labute approximate surface area is 127 Å². The van der Waals surface area contributed by atoms with Gasteiger partial charge in [0.1, 0.15) is 10.6 Å². The summed E-state index contributed by atoms with van der Waals surface area (Å²) in [4.78, 5) is 23.3. The van der Waals surface area contributed by atoms with Crippen LogP contribution in [0.1, 0.15) is 32.0 Å². The van der Waals surface area contributed by atoms with Gasteiger partial charge < -0.3 is 10.4 Å². The number of hydrogen-bond donors (Lipinski definition) is 2. The van der Waals surface area contributed by atoms with Gasteiger partial charge in [-0.25, -0.2) is 4.79 Å². The van der Waals surface area contributed by atoms with Crippen LogP contribution in [0.4, 0.5) is 5.00 Å². The average Bonchev–Trinajstić information content (AvgIpc) is 2.70. The number of aromatic nitrogens is 1. The number of carbonyl (C=O) groups is 2. The van der Waals surface area contributed by atoms with Crippen LogP contribution in [0.2, 0.25) is 0 Å². The molecule has 0 fully saturated rings. The number of carboxylic acids is 1. The molecule has 0 aliphatic rings. The van der Waals surface area contributed by atoms with E-state index in [-0.39, 0.29) is 16.5 Å². The molecule has 1 aromatic carbocycles. The second-order valence-electron chi connectivity index (χ2n) is 4.21. The minimum absolute atomic E-state index is 0.0339. The maximum atomic E-state index is 12.2. The molecule has 1 heterocycles. The number of nitrogens with zero attached hydrogens (tertiary/aromatic N) is 1. The molecule has 0 aliphatic heterocycles. The molecule has 1 aromatic heterocycles. The van der Waals surface area contributed by atoms with Gasteiger partial charge in [-0.1, -0.05) is 6.07 Å². The fraction of sp³-hybridized carbons (Fsp3) is 0.154. The van der Waals surface area contributed by atoms with Crippen molar-refractivity contribution < 1.29 is 14.7 Å². The van der Waals surface area contributed by atoms with Gasteiger partial charge in [0.2, 0.25) is 0 Å². The van der Waals surface area contributed by atoms with Gasteiger partial charge in [-0.05, 0) is 59.0 Å². The summed E-state index contributed by atoms with van der Waals surface area (Å²) >= 11 is 4.28. The van der Waals surface area contributed by atoms with Gasteiger partial charge in [-0.3, -0.25) is 4.79 Å². The van der Waals surface area contributed by atoms with Gasteiger partial charge in [0.15, 0.2) is 0 Å². The lowest BCUT2D eigenvalue weighted by Crippen LogP contribution is -2.14. The van der Waals surface area contributed by atoms with E-state index in [1.807, 2.05) is 19.1 Å². The zero-order valence-electron chi connectivity index (χ0n) is 10.7. The van der Waals surface area contributed by atoms with Crippen molar-refractivity contribution in [3.63, 3.8) is 0 Å². The van der Waals surface area contributed by atoms with Crippen LogP contribution in [0, 0.1) is 13.8 Å². The molecular weight excluding hydrogens is 344 g/mol. The van der Waals surface area contributed by atoms with E-state index >= 15 is 0 Å². The first-order valence-corrected chi connectivity index (χ1v) is 7.24. The highest BCUT2D eigenvalue weighted by Gasteiger charge is 2.20. The Balaban J connectivity index is 2.31. The maximum Gasteiger partial charge on any atom is 0.340 e. The van der Waals surface area contributed by atoms with Crippen molar-refractivity contribution in [2.24, 2.45) is 0 Å². The largest absolute Gasteiger partial charge is 0.478 e. The molecule has 7 heteroatoms. The molecule has 0 spiro atoms. The first kappa shape index (κ1) is 14.7. The number of amides is 1. The summed E-state index contributed by atoms with van der Waals surface area (Å²) in [5, 5.41) is 12.0. The van der Waals surface area contributed by atoms with Crippen molar-refractivity contribution >= 4 is 44.3 Å². The van der Waals surface area contributed by atoms with Crippen molar-refractivity contribution in [1.82, 2.24) is 4.37 Å². The van der Waals surface area contributed by atoms with Crippen LogP contribution in [-0.2, 0) is 0 Å². The van der Waals surface area contributed by atoms with E-state index in [4.69, 9.17) is 5.11 Å². The van der Waals surface area contributed by atoms with E-state index in [1.54, 1.807) is 13.0 Å². The van der Waals surface area contributed by atoms with E-state index in [1.165, 1.54) is 0 Å². The van der Waals surface area contributed by atoms with Crippen LogP contribution in [-0.4, -0.2) is 21.4 Å². The Morgan fingerprint density at radius 1 is 1.35 bits per heavy atom. The van der Waals surface area contributed by atoms with Crippen LogP contribution < -0.4 is 5.32 Å². The molecule has 104 valence electrons. The normalized spacial score (nSPS) is 10.3. The second kappa shape index (κ2) is 5.72. The second-order valence-corrected chi connectivity index (χ2v) is 5.84. The highest BCUT2D eigenvalue weighted by molar-refractivity contribution is 9.10. The number of anilines is 1. The van der Waals surface area contributed by atoms with Gasteiger partial charge >= 0.3 is 5.97 Å². The van der Waals surface area contributed by atoms with Gasteiger partial charge in [-0.15, -0.1) is 0 Å². The summed E-state index contributed by atoms with van der Waals surface area (Å²) in [6.07, 6.45) is 0. The summed E-state index contributed by atoms with van der Waals surface area (Å²) < 4.78 is 4.62. The molecule has 0 saturated carbocycles. The molecule has 0 saturated heterocycles. The van der Waals surface area contributed by atoms with Gasteiger partial charge in [-0.2, -0.15) is 4.37 Å². The minimum atomic E-state index is -1.10. The highest BCUT2D eigenvalue weighted by atomic mass is 79.9. The molecule has 0 aliphatic carbocycles. The van der Waals surface area contributed by atoms with E-state index < -0.39 is 5.97 Å². The SMILES string of the molecule is Cc1ccc(C(=O)Nc2snc(C)c2C(=O)O)c(Br)c1. The third kappa shape index (κ3) is 2.88. The first-order valence-electron chi connectivity index (χ1n) is 5.67. The Morgan fingerprint density at radius 3 is 2.65 bits per heavy atom. The van der Waals surface area contributed by atoms with Gasteiger partial charge in [0.25, 0.3) is 5.91 Å². The number of aryl methyl sites for hydroxylation is 2. The van der Waals surface area contributed by atoms with Crippen LogP contribution >= 0.6 is 27.5 Å². The Morgan fingerprint density at radius 2 is 2.05 bits per heavy atom. The standard InChI is InChI=1S/C13H11BrN2O3S/c1-6-3-4-8(9(14)5-6)11(17)15-12-10(13(18)19)7(2)16-20-12/h3-5H,1-2H3,(H,15,17)(H,18,19). The summed E-state index contributed by atoms with van der Waals surface area (Å²) in [5.41, 5.74) is 1.89. The Bertz CT molecular complexity index is 697. The summed E-state index contributed by atoms with van der Waals surface area (Å²) in [6, 6.07) is 5.32. The lowest BCUT2D eigenvalue weighted by molar-refractivity contribution is 0.0697. The maximum absolute atomic E-state index is 12.2. The van der Waals surface area contributed by atoms with E-state index in [2.05, 4.69) is 25.6 Å². The quantitative estimate of drug-likeness (QED) is 0.884. The Hall–Kier alpha value is -1.73. The summed E-state index contributed by atoms with van der Waals surface area (Å²) in [7, 11) is 0. The highest BCUT2D eigenvalue weighted by Crippen LogP contribution is 2.26. The fourth-order valence-electron chi connectivity index (χ4n) is 1.68. The predicted molar refractivity (Wildman–Crippen MR) is 80.6 cm³/mol. The molecule has 0 radical (unpaired) electrons. The minimum Gasteiger partial charge on any atom is -0.478 e. The smallest absolute Gasteiger partial charge is 0.340 e. The predicted octanol–water partition coefficient (Wildman–Crippen LogP) is 3.47. The lowest BCUT2D eigenvalue weighted by atomic mass is 10.1. The Kier molecular flexibility index (Phi) is 4.20. The number of nitrogens with one attached hydrogen (secondary N) is 1. The van der Waals surface area contributed by atoms with Crippen molar-refractivity contribution in [2.75, 3.05) is 5.32 Å². The van der Waals surface area contributed by atoms with Crippen LogP contribution in [0.25, 0.3) is 0 Å². The number of carboxylic acid groups (broad SMARTS) is 1. The molecular formula is C13H11BrN2O3S. The zero-order valence-corrected chi connectivity index (χ0v) is 13.1. The molecule has 0 unspecified atom stereocenters. The lowest BCUT2D eigenvalue weighted by Gasteiger charge is -2.06. The van der Waals surface area contributed by atoms with Gasteiger partial charge in [0.05, 0.1) is 11.3 Å². The zero-order chi connectivity index (χ0) is 14.9. The molecule has 2 aromatic rings. The number of halogens is 1. The van der Waals surface area contributed by atoms with Crippen molar-refractivity contribution in [1.29, 1.82) is 0 Å². The molecule has 5 nitrogen and oxygen atoms in total. The number of carbonyl (C=O) groups excluding carboxylic acids is 1.